The number of rotatable bonds is 9. The van der Waals surface area contributed by atoms with Crippen LogP contribution in [0.3, 0.4) is 0 Å². The Hall–Kier alpha value is -8.72. The molecule has 328 valence electrons. The first-order valence-electron chi connectivity index (χ1n) is 23.2. The predicted molar refractivity (Wildman–Crippen MR) is 296 cm³/mol. The molecule has 2 heteroatoms. The molecular weight excluding hydrogens is 821 g/mol. The number of benzene rings is 10. The number of para-hydroxylation sites is 2. The summed E-state index contributed by atoms with van der Waals surface area (Å²) in [5.74, 6) is 0. The van der Waals surface area contributed by atoms with Gasteiger partial charge in [-0.1, -0.05) is 213 Å². The number of aromatic nitrogens is 1. The van der Waals surface area contributed by atoms with E-state index in [9.17, 15) is 0 Å². The molecule has 0 fully saturated rings. The molecule has 0 bridgehead atoms. The van der Waals surface area contributed by atoms with Crippen molar-refractivity contribution in [3.8, 4) is 50.2 Å². The lowest BCUT2D eigenvalue weighted by Crippen LogP contribution is -2.10. The maximum Gasteiger partial charge on any atom is 0.0541 e. The average molecular weight is 875 g/mol. The first-order valence-corrected chi connectivity index (χ1v) is 23.2. The lowest BCUT2D eigenvalue weighted by Gasteiger charge is -2.27. The summed E-state index contributed by atoms with van der Waals surface area (Å²) in [6, 6.07) is 87.7. The van der Waals surface area contributed by atoms with E-state index in [0.717, 1.165) is 22.7 Å². The molecule has 0 unspecified atom stereocenters. The van der Waals surface area contributed by atoms with Crippen molar-refractivity contribution in [2.75, 3.05) is 4.90 Å². The summed E-state index contributed by atoms with van der Waals surface area (Å²) in [7, 11) is 0. The molecule has 0 atom stereocenters. The Morgan fingerprint density at radius 1 is 0.368 bits per heavy atom. The van der Waals surface area contributed by atoms with Crippen LogP contribution < -0.4 is 4.90 Å². The van der Waals surface area contributed by atoms with Crippen LogP contribution in [0.25, 0.3) is 82.8 Å². The third-order valence-electron chi connectivity index (χ3n) is 12.1. The maximum atomic E-state index is 3.46. The number of hydrogen-bond donors (Lipinski definition) is 0. The molecule has 0 aliphatic carbocycles. The van der Waals surface area contributed by atoms with Crippen molar-refractivity contribution in [2.45, 2.75) is 13.8 Å². The van der Waals surface area contributed by atoms with Gasteiger partial charge in [-0.15, -0.1) is 6.58 Å². The minimum absolute atomic E-state index is 1.11. The Bertz CT molecular complexity index is 3470. The molecule has 10 aromatic carbocycles. The molecule has 11 rings (SSSR count). The minimum atomic E-state index is 1.11. The van der Waals surface area contributed by atoms with E-state index >= 15 is 0 Å². The lowest BCUT2D eigenvalue weighted by molar-refractivity contribution is 1.18. The van der Waals surface area contributed by atoms with Crippen LogP contribution in [0.15, 0.2) is 280 Å². The largest absolute Gasteiger partial charge is 0.310 e. The van der Waals surface area contributed by atoms with E-state index in [0.29, 0.717) is 0 Å². The van der Waals surface area contributed by atoms with Gasteiger partial charge in [0.2, 0.25) is 0 Å². The molecule has 0 N–H and O–H groups in total. The third-order valence-corrected chi connectivity index (χ3v) is 12.1. The van der Waals surface area contributed by atoms with E-state index in [1.807, 2.05) is 26.0 Å². The highest BCUT2D eigenvalue weighted by atomic mass is 15.1. The van der Waals surface area contributed by atoms with Crippen molar-refractivity contribution in [3.05, 3.63) is 280 Å². The molecule has 1 aromatic heterocycles. The third kappa shape index (κ3) is 9.35. The fourth-order valence-corrected chi connectivity index (χ4v) is 9.04. The Morgan fingerprint density at radius 2 is 0.838 bits per heavy atom. The summed E-state index contributed by atoms with van der Waals surface area (Å²) < 4.78 is 2.40. The second kappa shape index (κ2) is 21.1. The summed E-state index contributed by atoms with van der Waals surface area (Å²) >= 11 is 0. The predicted octanol–water partition coefficient (Wildman–Crippen LogP) is 19.0. The van der Waals surface area contributed by atoms with Gasteiger partial charge in [0, 0.05) is 33.2 Å². The van der Waals surface area contributed by atoms with Crippen molar-refractivity contribution in [1.82, 2.24) is 4.57 Å². The fraction of sp³-hybridized carbons (Fsp3) is 0.0303. The van der Waals surface area contributed by atoms with Gasteiger partial charge < -0.3 is 9.47 Å². The number of hydrogen-bond acceptors (Lipinski definition) is 1. The monoisotopic (exact) mass is 874 g/mol. The summed E-state index contributed by atoms with van der Waals surface area (Å²) in [6.07, 6.45) is 7.33. The molecule has 0 saturated carbocycles. The van der Waals surface area contributed by atoms with Crippen molar-refractivity contribution >= 4 is 49.6 Å². The van der Waals surface area contributed by atoms with E-state index in [1.54, 1.807) is 12.2 Å². The minimum Gasteiger partial charge on any atom is -0.310 e. The normalized spacial score (nSPS) is 10.9. The van der Waals surface area contributed by atoms with Gasteiger partial charge in [-0.25, -0.2) is 0 Å². The highest BCUT2D eigenvalue weighted by molar-refractivity contribution is 6.11. The van der Waals surface area contributed by atoms with Gasteiger partial charge in [0.05, 0.1) is 16.7 Å². The first-order chi connectivity index (χ1) is 33.6. The Kier molecular flexibility index (Phi) is 13.8. The van der Waals surface area contributed by atoms with Crippen LogP contribution >= 0.6 is 0 Å². The Balaban J connectivity index is 0.000000672. The molecule has 68 heavy (non-hydrogen) atoms. The van der Waals surface area contributed by atoms with Crippen LogP contribution in [0, 0.1) is 0 Å². The van der Waals surface area contributed by atoms with Gasteiger partial charge in [-0.05, 0) is 124 Å². The van der Waals surface area contributed by atoms with E-state index < -0.39 is 0 Å². The van der Waals surface area contributed by atoms with Crippen LogP contribution in [0.4, 0.5) is 17.1 Å². The van der Waals surface area contributed by atoms with Gasteiger partial charge >= 0.3 is 0 Å². The molecule has 0 aliphatic heterocycles. The number of anilines is 3. The van der Waals surface area contributed by atoms with Crippen LogP contribution in [0.5, 0.6) is 0 Å². The maximum absolute atomic E-state index is 3.46. The average Bonchev–Trinajstić information content (AvgIpc) is 3.74. The zero-order valence-electron chi connectivity index (χ0n) is 38.7. The van der Waals surface area contributed by atoms with Crippen LogP contribution in [0.1, 0.15) is 13.8 Å². The Labute approximate surface area is 401 Å². The smallest absolute Gasteiger partial charge is 0.0541 e. The molecule has 1 heterocycles. The molecule has 0 radical (unpaired) electrons. The molecule has 0 aliphatic rings. The van der Waals surface area contributed by atoms with Crippen molar-refractivity contribution < 1.29 is 0 Å². The molecule has 2 nitrogen and oxygen atoms in total. The van der Waals surface area contributed by atoms with Crippen molar-refractivity contribution in [1.29, 1.82) is 0 Å². The summed E-state index contributed by atoms with van der Waals surface area (Å²) in [6.45, 7) is 10.7. The second-order valence-corrected chi connectivity index (χ2v) is 16.5. The van der Waals surface area contributed by atoms with Crippen LogP contribution in [-0.4, -0.2) is 4.57 Å². The fourth-order valence-electron chi connectivity index (χ4n) is 9.04. The van der Waals surface area contributed by atoms with Gasteiger partial charge in [0.15, 0.2) is 0 Å². The zero-order valence-corrected chi connectivity index (χ0v) is 38.7. The van der Waals surface area contributed by atoms with E-state index in [-0.39, 0.29) is 0 Å². The zero-order chi connectivity index (χ0) is 46.7. The lowest BCUT2D eigenvalue weighted by atomic mass is 9.94. The van der Waals surface area contributed by atoms with Crippen molar-refractivity contribution in [3.63, 3.8) is 0 Å². The quantitative estimate of drug-likeness (QED) is 0.104. The Morgan fingerprint density at radius 3 is 1.51 bits per heavy atom. The topological polar surface area (TPSA) is 8.17 Å². The molecular formula is C66H54N2. The summed E-state index contributed by atoms with van der Waals surface area (Å²) in [5.41, 5.74) is 16.6. The standard InChI is InChI=1S/C58H40N2.C5H8.C3H6/c1-4-15-41(16-5-1)43-33-36-49(37-34-43)59(48-20-8-3-9-21-48)56-28-14-25-52-51(24-13-26-53(52)56)45-31-29-44(30-32-45)47-35-38-58-55(40-47)54-23-10-11-27-57(54)60(58)50-22-12-19-46(39-50)42-17-6-2-7-18-42;1-3-5-4-2;1-3-2/h1-40H;3-5H,1H2,2H3;3H,1H2,2H3/b;5-4-;. The second-order valence-electron chi connectivity index (χ2n) is 16.5. The molecule has 0 spiro atoms. The summed E-state index contributed by atoms with van der Waals surface area (Å²) in [4.78, 5) is 2.37. The number of nitrogens with zero attached hydrogens (tertiary/aromatic N) is 2. The summed E-state index contributed by atoms with van der Waals surface area (Å²) in [5, 5.41) is 4.91. The van der Waals surface area contributed by atoms with E-state index in [1.165, 1.54) is 77.1 Å². The van der Waals surface area contributed by atoms with Crippen molar-refractivity contribution in [2.24, 2.45) is 0 Å². The van der Waals surface area contributed by atoms with E-state index in [2.05, 4.69) is 265 Å². The molecule has 0 saturated heterocycles. The van der Waals surface area contributed by atoms with Gasteiger partial charge in [0.1, 0.15) is 0 Å². The highest BCUT2D eigenvalue weighted by Gasteiger charge is 2.18. The number of fused-ring (bicyclic) bond motifs is 4. The molecule has 0 amide bonds. The number of allylic oxidation sites excluding steroid dienone is 4. The first kappa shape index (κ1) is 44.5. The van der Waals surface area contributed by atoms with E-state index in [4.69, 9.17) is 0 Å². The van der Waals surface area contributed by atoms with Gasteiger partial charge in [-0.3, -0.25) is 0 Å². The van der Waals surface area contributed by atoms with Gasteiger partial charge in [0.25, 0.3) is 0 Å². The van der Waals surface area contributed by atoms with Crippen LogP contribution in [-0.2, 0) is 0 Å². The van der Waals surface area contributed by atoms with Gasteiger partial charge in [-0.2, -0.15) is 0 Å². The van der Waals surface area contributed by atoms with Crippen LogP contribution in [0.2, 0.25) is 0 Å². The SMILES string of the molecule is C=C/C=C\C.C=CC.c1ccc(-c2ccc(N(c3ccccc3)c3cccc4c(-c5ccc(-c6ccc7c(c6)c6ccccc6n7-c6cccc(-c7ccccc7)c6)cc5)cccc34)cc2)cc1. The molecule has 11 aromatic rings. The highest BCUT2D eigenvalue weighted by Crippen LogP contribution is 2.42.